The lowest BCUT2D eigenvalue weighted by atomic mass is 10.3. The Labute approximate surface area is 194 Å². The number of aromatic nitrogens is 3. The first kappa shape index (κ1) is 24.4. The van der Waals surface area contributed by atoms with Crippen molar-refractivity contribution in [2.75, 3.05) is 13.1 Å². The van der Waals surface area contributed by atoms with Gasteiger partial charge in [0.15, 0.2) is 11.7 Å². The maximum absolute atomic E-state index is 12.6. The van der Waals surface area contributed by atoms with Crippen molar-refractivity contribution in [1.82, 2.24) is 25.2 Å². The number of imidazole rings is 1. The average molecular weight is 552 g/mol. The van der Waals surface area contributed by atoms with Crippen LogP contribution in [0.5, 0.6) is 0 Å². The lowest BCUT2D eigenvalue weighted by Gasteiger charge is -2.12. The molecule has 164 valence electrons. The van der Waals surface area contributed by atoms with Gasteiger partial charge in [-0.25, -0.2) is 15.0 Å². The summed E-state index contributed by atoms with van der Waals surface area (Å²) >= 11 is 0.962. The van der Waals surface area contributed by atoms with E-state index in [1.165, 1.54) is 0 Å². The monoisotopic (exact) mass is 552 g/mol. The van der Waals surface area contributed by atoms with Crippen LogP contribution in [-0.2, 0) is 19.3 Å². The van der Waals surface area contributed by atoms with E-state index in [1.807, 2.05) is 32.0 Å². The molecule has 0 amide bonds. The van der Waals surface area contributed by atoms with E-state index in [1.54, 1.807) is 0 Å². The van der Waals surface area contributed by atoms with E-state index in [2.05, 4.69) is 36.2 Å². The van der Waals surface area contributed by atoms with Crippen LogP contribution in [0.25, 0.3) is 11.0 Å². The molecule has 0 bridgehead atoms. The standard InChI is InChI=1S/C19H23F3N6S.HI/c1-3-23-18(25-11-17-27-16(12-29-17)19(20,21)22)24-9-6-10-28-13(2)26-14-7-4-5-8-15(14)28;/h4-5,7-8,12H,3,6,9-11H2,1-2H3,(H2,23,24,25);1H. The van der Waals surface area contributed by atoms with Crippen LogP contribution >= 0.6 is 35.3 Å². The molecule has 0 radical (unpaired) electrons. The molecule has 2 heterocycles. The number of aliphatic imine (C=N–C) groups is 1. The lowest BCUT2D eigenvalue weighted by molar-refractivity contribution is -0.140. The number of hydrogen-bond acceptors (Lipinski definition) is 4. The van der Waals surface area contributed by atoms with Gasteiger partial charge in [0.2, 0.25) is 0 Å². The minimum absolute atomic E-state index is 0. The van der Waals surface area contributed by atoms with Crippen molar-refractivity contribution in [3.63, 3.8) is 0 Å². The molecule has 0 aliphatic heterocycles. The van der Waals surface area contributed by atoms with Crippen molar-refractivity contribution in [2.24, 2.45) is 4.99 Å². The van der Waals surface area contributed by atoms with Crippen LogP contribution < -0.4 is 10.6 Å². The second kappa shape index (κ2) is 10.9. The van der Waals surface area contributed by atoms with Gasteiger partial charge in [-0.15, -0.1) is 35.3 Å². The predicted octanol–water partition coefficient (Wildman–Crippen LogP) is 4.58. The maximum Gasteiger partial charge on any atom is 0.434 e. The molecule has 0 saturated heterocycles. The molecular weight excluding hydrogens is 528 g/mol. The van der Waals surface area contributed by atoms with E-state index >= 15 is 0 Å². The SMILES string of the molecule is CCNC(=NCc1nc(C(F)(F)F)cs1)NCCCn1c(C)nc2ccccc21.I. The Kier molecular flexibility index (Phi) is 8.89. The third kappa shape index (κ3) is 6.30. The Hall–Kier alpha value is -1.89. The number of aryl methyl sites for hydroxylation is 2. The van der Waals surface area contributed by atoms with Gasteiger partial charge in [0, 0.05) is 25.0 Å². The van der Waals surface area contributed by atoms with Gasteiger partial charge in [-0.1, -0.05) is 12.1 Å². The van der Waals surface area contributed by atoms with E-state index < -0.39 is 11.9 Å². The third-order valence-electron chi connectivity index (χ3n) is 4.26. The molecule has 6 nitrogen and oxygen atoms in total. The normalized spacial score (nSPS) is 12.1. The molecular formula is C19H24F3IN6S. The van der Waals surface area contributed by atoms with Crippen molar-refractivity contribution in [3.05, 3.63) is 46.2 Å². The topological polar surface area (TPSA) is 67.1 Å². The van der Waals surface area contributed by atoms with Crippen molar-refractivity contribution in [2.45, 2.75) is 39.5 Å². The van der Waals surface area contributed by atoms with Crippen LogP contribution in [0.4, 0.5) is 13.2 Å². The van der Waals surface area contributed by atoms with E-state index in [-0.39, 0.29) is 30.5 Å². The van der Waals surface area contributed by atoms with Crippen LogP contribution in [0.3, 0.4) is 0 Å². The minimum Gasteiger partial charge on any atom is -0.357 e. The quantitative estimate of drug-likeness (QED) is 0.195. The number of hydrogen-bond donors (Lipinski definition) is 2. The Bertz CT molecular complexity index is 982. The van der Waals surface area contributed by atoms with Gasteiger partial charge in [0.25, 0.3) is 0 Å². The molecule has 0 spiro atoms. The van der Waals surface area contributed by atoms with E-state index in [0.717, 1.165) is 46.5 Å². The predicted molar refractivity (Wildman–Crippen MR) is 124 cm³/mol. The molecule has 0 aliphatic rings. The summed E-state index contributed by atoms with van der Waals surface area (Å²) in [5, 5.41) is 7.66. The van der Waals surface area contributed by atoms with E-state index in [9.17, 15) is 13.2 Å². The number of para-hydroxylation sites is 2. The highest BCUT2D eigenvalue weighted by Gasteiger charge is 2.33. The summed E-state index contributed by atoms with van der Waals surface area (Å²) < 4.78 is 40.1. The molecule has 3 aromatic rings. The fraction of sp³-hybridized carbons (Fsp3) is 0.421. The first-order chi connectivity index (χ1) is 13.9. The van der Waals surface area contributed by atoms with Crippen molar-refractivity contribution >= 4 is 52.3 Å². The van der Waals surface area contributed by atoms with Gasteiger partial charge in [0.05, 0.1) is 17.6 Å². The Morgan fingerprint density at radius 3 is 2.67 bits per heavy atom. The van der Waals surface area contributed by atoms with Gasteiger partial charge in [-0.3, -0.25) is 0 Å². The van der Waals surface area contributed by atoms with Gasteiger partial charge in [0.1, 0.15) is 10.8 Å². The molecule has 0 atom stereocenters. The number of rotatable bonds is 7. The molecule has 11 heteroatoms. The fourth-order valence-electron chi connectivity index (χ4n) is 2.92. The van der Waals surface area contributed by atoms with Gasteiger partial charge in [-0.05, 0) is 32.4 Å². The summed E-state index contributed by atoms with van der Waals surface area (Å²) in [6.45, 7) is 6.15. The number of guanidine groups is 1. The first-order valence-electron chi connectivity index (χ1n) is 9.34. The number of alkyl halides is 3. The van der Waals surface area contributed by atoms with Crippen LogP contribution in [0, 0.1) is 6.92 Å². The molecule has 0 fully saturated rings. The molecule has 2 aromatic heterocycles. The van der Waals surface area contributed by atoms with Crippen LogP contribution in [-0.4, -0.2) is 33.6 Å². The molecule has 2 N–H and O–H groups in total. The summed E-state index contributed by atoms with van der Waals surface area (Å²) in [5.74, 6) is 1.53. The number of benzene rings is 1. The van der Waals surface area contributed by atoms with Gasteiger partial charge in [-0.2, -0.15) is 13.2 Å². The third-order valence-corrected chi connectivity index (χ3v) is 5.09. The van der Waals surface area contributed by atoms with Gasteiger partial charge < -0.3 is 15.2 Å². The highest BCUT2D eigenvalue weighted by molar-refractivity contribution is 14.0. The largest absolute Gasteiger partial charge is 0.434 e. The van der Waals surface area contributed by atoms with Crippen molar-refractivity contribution < 1.29 is 13.2 Å². The van der Waals surface area contributed by atoms with Crippen LogP contribution in [0.2, 0.25) is 0 Å². The first-order valence-corrected chi connectivity index (χ1v) is 10.2. The zero-order valence-corrected chi connectivity index (χ0v) is 19.8. The summed E-state index contributed by atoms with van der Waals surface area (Å²) in [4.78, 5) is 12.5. The smallest absolute Gasteiger partial charge is 0.357 e. The molecule has 0 aliphatic carbocycles. The van der Waals surface area contributed by atoms with Gasteiger partial charge >= 0.3 is 6.18 Å². The zero-order chi connectivity index (χ0) is 20.9. The number of nitrogens with zero attached hydrogens (tertiary/aromatic N) is 4. The van der Waals surface area contributed by atoms with Crippen LogP contribution in [0.1, 0.15) is 29.9 Å². The summed E-state index contributed by atoms with van der Waals surface area (Å²) in [7, 11) is 0. The maximum atomic E-state index is 12.6. The molecule has 0 unspecified atom stereocenters. The highest BCUT2D eigenvalue weighted by atomic mass is 127. The fourth-order valence-corrected chi connectivity index (χ4v) is 3.65. The van der Waals surface area contributed by atoms with E-state index in [4.69, 9.17) is 0 Å². The van der Waals surface area contributed by atoms with Crippen LogP contribution in [0.15, 0.2) is 34.6 Å². The summed E-state index contributed by atoms with van der Waals surface area (Å²) in [5.41, 5.74) is 1.22. The second-order valence-corrected chi connectivity index (χ2v) is 7.34. The molecule has 1 aromatic carbocycles. The molecule has 3 rings (SSSR count). The molecule has 0 saturated carbocycles. The Morgan fingerprint density at radius 2 is 1.97 bits per heavy atom. The van der Waals surface area contributed by atoms with Crippen molar-refractivity contribution in [3.8, 4) is 0 Å². The van der Waals surface area contributed by atoms with Crippen molar-refractivity contribution in [1.29, 1.82) is 0 Å². The highest BCUT2D eigenvalue weighted by Crippen LogP contribution is 2.30. The van der Waals surface area contributed by atoms with E-state index in [0.29, 0.717) is 24.1 Å². The number of halogens is 4. The summed E-state index contributed by atoms with van der Waals surface area (Å²) in [6.07, 6.45) is -3.57. The lowest BCUT2D eigenvalue weighted by Crippen LogP contribution is -2.38. The number of fused-ring (bicyclic) bond motifs is 1. The zero-order valence-electron chi connectivity index (χ0n) is 16.7. The second-order valence-electron chi connectivity index (χ2n) is 6.40. The Balaban J connectivity index is 0.00000320. The minimum atomic E-state index is -4.42. The number of nitrogens with one attached hydrogen (secondary N) is 2. The summed E-state index contributed by atoms with van der Waals surface area (Å²) in [6, 6.07) is 8.02. The Morgan fingerprint density at radius 1 is 1.20 bits per heavy atom. The number of thiazole rings is 1. The molecule has 30 heavy (non-hydrogen) atoms. The average Bonchev–Trinajstić information content (AvgIpc) is 3.27.